The highest BCUT2D eigenvalue weighted by molar-refractivity contribution is 5.78. The van der Waals surface area contributed by atoms with Gasteiger partial charge in [-0.1, -0.05) is 39.3 Å². The van der Waals surface area contributed by atoms with E-state index in [4.69, 9.17) is 4.42 Å². The first-order valence-electron chi connectivity index (χ1n) is 6.58. The number of furan rings is 1. The van der Waals surface area contributed by atoms with E-state index in [1.807, 2.05) is 12.1 Å². The number of hydrogen-bond donors (Lipinski definition) is 1. The maximum Gasteiger partial charge on any atom is 0.169 e. The van der Waals surface area contributed by atoms with Crippen molar-refractivity contribution in [1.29, 1.82) is 0 Å². The fourth-order valence-corrected chi connectivity index (χ4v) is 2.24. The molecule has 98 valence electrons. The van der Waals surface area contributed by atoms with Crippen molar-refractivity contribution in [2.45, 2.75) is 33.2 Å². The van der Waals surface area contributed by atoms with Crippen molar-refractivity contribution in [3.05, 3.63) is 35.8 Å². The van der Waals surface area contributed by atoms with E-state index in [1.54, 1.807) is 6.07 Å². The molecule has 1 N–H and O–H groups in total. The van der Waals surface area contributed by atoms with Gasteiger partial charge in [-0.05, 0) is 24.6 Å². The van der Waals surface area contributed by atoms with Crippen LogP contribution in [0.15, 0.2) is 28.7 Å². The summed E-state index contributed by atoms with van der Waals surface area (Å²) < 4.78 is 19.3. The van der Waals surface area contributed by atoms with Gasteiger partial charge >= 0.3 is 0 Å². The Bertz CT molecular complexity index is 520. The molecule has 0 bridgehead atoms. The maximum absolute atomic E-state index is 13.6. The van der Waals surface area contributed by atoms with Crippen LogP contribution in [0.5, 0.6) is 0 Å². The fraction of sp³-hybridized carbons (Fsp3) is 0.467. The lowest BCUT2D eigenvalue weighted by Crippen LogP contribution is -2.26. The first-order chi connectivity index (χ1) is 8.67. The van der Waals surface area contributed by atoms with Crippen molar-refractivity contribution in [3.63, 3.8) is 0 Å². The molecule has 2 aromatic rings. The van der Waals surface area contributed by atoms with Crippen molar-refractivity contribution in [2.24, 2.45) is 5.92 Å². The van der Waals surface area contributed by atoms with Gasteiger partial charge in [0.15, 0.2) is 11.4 Å². The van der Waals surface area contributed by atoms with Crippen LogP contribution in [0.2, 0.25) is 0 Å². The monoisotopic (exact) mass is 249 g/mol. The van der Waals surface area contributed by atoms with Crippen molar-refractivity contribution in [1.82, 2.24) is 5.32 Å². The van der Waals surface area contributed by atoms with Gasteiger partial charge in [0, 0.05) is 5.39 Å². The molecule has 1 aromatic heterocycles. The molecule has 0 aliphatic rings. The van der Waals surface area contributed by atoms with Crippen molar-refractivity contribution >= 4 is 11.0 Å². The summed E-state index contributed by atoms with van der Waals surface area (Å²) in [7, 11) is 0. The second-order valence-corrected chi connectivity index (χ2v) is 4.73. The molecule has 0 amide bonds. The van der Waals surface area contributed by atoms with Crippen LogP contribution in [0.1, 0.15) is 39.0 Å². The quantitative estimate of drug-likeness (QED) is 0.856. The van der Waals surface area contributed by atoms with Crippen LogP contribution in [0.3, 0.4) is 0 Å². The molecule has 0 saturated heterocycles. The normalized spacial score (nSPS) is 14.9. The van der Waals surface area contributed by atoms with Gasteiger partial charge in [0.05, 0.1) is 6.04 Å². The zero-order valence-electron chi connectivity index (χ0n) is 11.2. The number of hydrogen-bond acceptors (Lipinski definition) is 2. The Morgan fingerprint density at radius 3 is 2.72 bits per heavy atom. The van der Waals surface area contributed by atoms with Crippen LogP contribution in [0.4, 0.5) is 4.39 Å². The Balaban J connectivity index is 2.41. The summed E-state index contributed by atoms with van der Waals surface area (Å²) in [5.41, 5.74) is 0.360. The molecule has 0 saturated carbocycles. The largest absolute Gasteiger partial charge is 0.456 e. The molecule has 0 radical (unpaired) electrons. The molecule has 0 aliphatic carbocycles. The number of benzene rings is 1. The Kier molecular flexibility index (Phi) is 4.02. The Morgan fingerprint density at radius 2 is 2.11 bits per heavy atom. The van der Waals surface area contributed by atoms with Crippen LogP contribution in [0, 0.1) is 11.7 Å². The highest BCUT2D eigenvalue weighted by Crippen LogP contribution is 2.30. The molecule has 2 unspecified atom stereocenters. The fourth-order valence-electron chi connectivity index (χ4n) is 2.24. The number of para-hydroxylation sites is 1. The van der Waals surface area contributed by atoms with E-state index in [-0.39, 0.29) is 11.9 Å². The average molecular weight is 249 g/mol. The molecular weight excluding hydrogens is 229 g/mol. The molecule has 3 heteroatoms. The van der Waals surface area contributed by atoms with E-state index in [0.29, 0.717) is 11.5 Å². The zero-order valence-corrected chi connectivity index (χ0v) is 11.2. The summed E-state index contributed by atoms with van der Waals surface area (Å²) in [6, 6.07) is 7.11. The van der Waals surface area contributed by atoms with Gasteiger partial charge in [0.1, 0.15) is 5.76 Å². The highest BCUT2D eigenvalue weighted by atomic mass is 19.1. The lowest BCUT2D eigenvalue weighted by molar-refractivity contribution is 0.329. The van der Waals surface area contributed by atoms with Gasteiger partial charge in [-0.15, -0.1) is 0 Å². The molecule has 1 heterocycles. The van der Waals surface area contributed by atoms with E-state index >= 15 is 0 Å². The van der Waals surface area contributed by atoms with Gasteiger partial charge < -0.3 is 9.73 Å². The molecule has 2 atom stereocenters. The molecule has 18 heavy (non-hydrogen) atoms. The smallest absolute Gasteiger partial charge is 0.169 e. The topological polar surface area (TPSA) is 25.2 Å². The standard InChI is InChI=1S/C15H20FNO/c1-4-10(3)14(17-5-2)13-9-11-7-6-8-12(16)15(11)18-13/h6-10,14,17H,4-5H2,1-3H3. The Morgan fingerprint density at radius 1 is 1.33 bits per heavy atom. The molecule has 0 aliphatic heterocycles. The van der Waals surface area contributed by atoms with E-state index in [0.717, 1.165) is 24.1 Å². The molecule has 2 rings (SSSR count). The molecule has 0 spiro atoms. The minimum Gasteiger partial charge on any atom is -0.456 e. The summed E-state index contributed by atoms with van der Waals surface area (Å²) in [4.78, 5) is 0. The third-order valence-electron chi connectivity index (χ3n) is 3.46. The van der Waals surface area contributed by atoms with Crippen LogP contribution in [-0.4, -0.2) is 6.54 Å². The van der Waals surface area contributed by atoms with Crippen LogP contribution >= 0.6 is 0 Å². The molecular formula is C15H20FNO. The van der Waals surface area contributed by atoms with E-state index in [9.17, 15) is 4.39 Å². The third-order valence-corrected chi connectivity index (χ3v) is 3.46. The summed E-state index contributed by atoms with van der Waals surface area (Å²) in [6.45, 7) is 7.27. The third kappa shape index (κ3) is 2.41. The van der Waals surface area contributed by atoms with Gasteiger partial charge in [-0.25, -0.2) is 4.39 Å². The predicted octanol–water partition coefficient (Wildman–Crippen LogP) is 4.27. The average Bonchev–Trinajstić information content (AvgIpc) is 2.80. The second kappa shape index (κ2) is 5.53. The van der Waals surface area contributed by atoms with Gasteiger partial charge in [0.2, 0.25) is 0 Å². The van der Waals surface area contributed by atoms with E-state index < -0.39 is 0 Å². The Hall–Kier alpha value is -1.35. The molecule has 0 fully saturated rings. The van der Waals surface area contributed by atoms with E-state index in [2.05, 4.69) is 26.1 Å². The SMILES string of the molecule is CCNC(c1cc2cccc(F)c2o1)C(C)CC. The summed E-state index contributed by atoms with van der Waals surface area (Å²) in [5, 5.41) is 4.24. The summed E-state index contributed by atoms with van der Waals surface area (Å²) in [5.74, 6) is 0.984. The highest BCUT2D eigenvalue weighted by Gasteiger charge is 2.21. The molecule has 1 aromatic carbocycles. The van der Waals surface area contributed by atoms with Gasteiger partial charge in [-0.2, -0.15) is 0 Å². The first-order valence-corrected chi connectivity index (χ1v) is 6.58. The minimum absolute atomic E-state index is 0.145. The van der Waals surface area contributed by atoms with E-state index in [1.165, 1.54) is 6.07 Å². The van der Waals surface area contributed by atoms with Gasteiger partial charge in [0.25, 0.3) is 0 Å². The summed E-state index contributed by atoms with van der Waals surface area (Å²) in [6.07, 6.45) is 1.05. The number of rotatable bonds is 5. The summed E-state index contributed by atoms with van der Waals surface area (Å²) >= 11 is 0. The first kappa shape index (κ1) is 13.1. The van der Waals surface area contributed by atoms with Crippen LogP contribution < -0.4 is 5.32 Å². The molecule has 2 nitrogen and oxygen atoms in total. The van der Waals surface area contributed by atoms with Crippen LogP contribution in [0.25, 0.3) is 11.0 Å². The number of nitrogens with one attached hydrogen (secondary N) is 1. The second-order valence-electron chi connectivity index (χ2n) is 4.73. The van der Waals surface area contributed by atoms with Crippen molar-refractivity contribution in [2.75, 3.05) is 6.54 Å². The predicted molar refractivity (Wildman–Crippen MR) is 72.0 cm³/mol. The van der Waals surface area contributed by atoms with Crippen molar-refractivity contribution in [3.8, 4) is 0 Å². The number of halogens is 1. The lowest BCUT2D eigenvalue weighted by Gasteiger charge is -2.21. The van der Waals surface area contributed by atoms with Crippen LogP contribution in [-0.2, 0) is 0 Å². The Labute approximate surface area is 107 Å². The number of fused-ring (bicyclic) bond motifs is 1. The zero-order chi connectivity index (χ0) is 13.1. The minimum atomic E-state index is -0.293. The lowest BCUT2D eigenvalue weighted by atomic mass is 9.97. The maximum atomic E-state index is 13.6. The van der Waals surface area contributed by atoms with Crippen molar-refractivity contribution < 1.29 is 8.81 Å². The van der Waals surface area contributed by atoms with Gasteiger partial charge in [-0.3, -0.25) is 0 Å².